The maximum Gasteiger partial charge on any atom is 0.191 e. The van der Waals surface area contributed by atoms with Crippen LogP contribution in [0.3, 0.4) is 0 Å². The molecule has 7 heteroatoms. The highest BCUT2D eigenvalue weighted by Gasteiger charge is 2.05. The molecule has 0 fully saturated rings. The Morgan fingerprint density at radius 3 is 2.68 bits per heavy atom. The summed E-state index contributed by atoms with van der Waals surface area (Å²) < 4.78 is 13.5. The van der Waals surface area contributed by atoms with Crippen molar-refractivity contribution in [3.63, 3.8) is 0 Å². The number of benzene rings is 1. The van der Waals surface area contributed by atoms with E-state index in [0.29, 0.717) is 28.9 Å². The monoisotopic (exact) mass is 279 g/mol. The average molecular weight is 279 g/mol. The molecule has 0 radical (unpaired) electrons. The van der Waals surface area contributed by atoms with Gasteiger partial charge in [-0.3, -0.25) is 0 Å². The highest BCUT2D eigenvalue weighted by atomic mass is 32.2. The second-order valence-electron chi connectivity index (χ2n) is 3.71. The van der Waals surface area contributed by atoms with Crippen LogP contribution in [0.5, 0.6) is 0 Å². The summed E-state index contributed by atoms with van der Waals surface area (Å²) in [6, 6.07) is 8.27. The van der Waals surface area contributed by atoms with Crippen molar-refractivity contribution in [2.75, 3.05) is 17.0 Å². The SMILES string of the molecule is CSc1nc(NN)cc(NCc2ccccc2F)n1. The fourth-order valence-corrected chi connectivity index (χ4v) is 1.89. The number of nitrogen functional groups attached to an aromatic ring is 1. The predicted molar refractivity (Wildman–Crippen MR) is 75.3 cm³/mol. The van der Waals surface area contributed by atoms with Crippen molar-refractivity contribution in [3.05, 3.63) is 41.7 Å². The van der Waals surface area contributed by atoms with Crippen molar-refractivity contribution in [3.8, 4) is 0 Å². The van der Waals surface area contributed by atoms with E-state index in [4.69, 9.17) is 5.84 Å². The molecule has 0 atom stereocenters. The van der Waals surface area contributed by atoms with Crippen LogP contribution in [0.15, 0.2) is 35.5 Å². The predicted octanol–water partition coefficient (Wildman–Crippen LogP) is 2.24. The third-order valence-corrected chi connectivity index (χ3v) is 3.00. The molecular weight excluding hydrogens is 265 g/mol. The van der Waals surface area contributed by atoms with Gasteiger partial charge in [0.2, 0.25) is 0 Å². The number of aromatic nitrogens is 2. The van der Waals surface area contributed by atoms with E-state index < -0.39 is 0 Å². The van der Waals surface area contributed by atoms with Crippen LogP contribution < -0.4 is 16.6 Å². The summed E-state index contributed by atoms with van der Waals surface area (Å²) in [6.07, 6.45) is 1.87. The Morgan fingerprint density at radius 1 is 1.26 bits per heavy atom. The lowest BCUT2D eigenvalue weighted by molar-refractivity contribution is 0.613. The van der Waals surface area contributed by atoms with Gasteiger partial charge in [0.15, 0.2) is 5.16 Å². The molecular formula is C12H14FN5S. The Bertz CT molecular complexity index is 541. The minimum Gasteiger partial charge on any atom is -0.366 e. The summed E-state index contributed by atoms with van der Waals surface area (Å²) in [7, 11) is 0. The lowest BCUT2D eigenvalue weighted by atomic mass is 10.2. The number of nitrogens with one attached hydrogen (secondary N) is 2. The van der Waals surface area contributed by atoms with E-state index in [1.165, 1.54) is 17.8 Å². The quantitative estimate of drug-likeness (QED) is 0.337. The third kappa shape index (κ3) is 3.55. The number of hydrazine groups is 1. The van der Waals surface area contributed by atoms with Crippen molar-refractivity contribution in [2.24, 2.45) is 5.84 Å². The van der Waals surface area contributed by atoms with Gasteiger partial charge >= 0.3 is 0 Å². The van der Waals surface area contributed by atoms with E-state index in [1.54, 1.807) is 24.3 Å². The first kappa shape index (κ1) is 13.6. The zero-order valence-corrected chi connectivity index (χ0v) is 11.2. The minimum atomic E-state index is -0.244. The van der Waals surface area contributed by atoms with Gasteiger partial charge in [0.1, 0.15) is 17.5 Å². The molecule has 100 valence electrons. The molecule has 0 amide bonds. The molecule has 0 spiro atoms. The topological polar surface area (TPSA) is 75.9 Å². The molecule has 1 aromatic heterocycles. The van der Waals surface area contributed by atoms with Crippen LogP contribution in [-0.2, 0) is 6.54 Å². The van der Waals surface area contributed by atoms with Gasteiger partial charge in [0.05, 0.1) is 0 Å². The van der Waals surface area contributed by atoms with Crippen molar-refractivity contribution in [2.45, 2.75) is 11.7 Å². The van der Waals surface area contributed by atoms with Gasteiger partial charge in [-0.15, -0.1) is 0 Å². The van der Waals surface area contributed by atoms with Gasteiger partial charge in [-0.1, -0.05) is 30.0 Å². The molecule has 5 nitrogen and oxygen atoms in total. The van der Waals surface area contributed by atoms with E-state index >= 15 is 0 Å². The average Bonchev–Trinajstić information content (AvgIpc) is 2.46. The van der Waals surface area contributed by atoms with Gasteiger partial charge < -0.3 is 10.7 Å². The van der Waals surface area contributed by atoms with Crippen molar-refractivity contribution in [1.82, 2.24) is 9.97 Å². The third-order valence-electron chi connectivity index (χ3n) is 2.45. The molecule has 0 aliphatic rings. The molecule has 0 bridgehead atoms. The van der Waals surface area contributed by atoms with Crippen molar-refractivity contribution >= 4 is 23.4 Å². The number of nitrogens with zero attached hydrogens (tertiary/aromatic N) is 2. The van der Waals surface area contributed by atoms with Gasteiger partial charge in [0, 0.05) is 18.2 Å². The first-order valence-electron chi connectivity index (χ1n) is 5.60. The smallest absolute Gasteiger partial charge is 0.191 e. The number of hydrogen-bond acceptors (Lipinski definition) is 6. The maximum absolute atomic E-state index is 13.5. The molecule has 0 aliphatic heterocycles. The zero-order chi connectivity index (χ0) is 13.7. The Hall–Kier alpha value is -1.86. The van der Waals surface area contributed by atoms with Crippen LogP contribution in [0.1, 0.15) is 5.56 Å². The van der Waals surface area contributed by atoms with E-state index in [-0.39, 0.29) is 5.82 Å². The lowest BCUT2D eigenvalue weighted by Gasteiger charge is -2.09. The Kier molecular flexibility index (Phi) is 4.53. The normalized spacial score (nSPS) is 10.3. The summed E-state index contributed by atoms with van der Waals surface area (Å²) in [4.78, 5) is 8.41. The molecule has 1 heterocycles. The van der Waals surface area contributed by atoms with Crippen LogP contribution in [-0.4, -0.2) is 16.2 Å². The summed E-state index contributed by atoms with van der Waals surface area (Å²) in [5.41, 5.74) is 3.05. The van der Waals surface area contributed by atoms with Crippen LogP contribution in [0, 0.1) is 5.82 Å². The standard InChI is InChI=1S/C12H14FN5S/c1-19-12-16-10(6-11(17-12)18-14)15-7-8-4-2-3-5-9(8)13/h2-6H,7,14H2,1H3,(H2,15,16,17,18). The second-order valence-corrected chi connectivity index (χ2v) is 4.49. The molecule has 0 saturated heterocycles. The highest BCUT2D eigenvalue weighted by Crippen LogP contribution is 2.17. The summed E-state index contributed by atoms with van der Waals surface area (Å²) in [6.45, 7) is 0.349. The number of nitrogens with two attached hydrogens (primary N) is 1. The van der Waals surface area contributed by atoms with Gasteiger partial charge in [0.25, 0.3) is 0 Å². The Balaban J connectivity index is 2.13. The fourth-order valence-electron chi connectivity index (χ4n) is 1.51. The van der Waals surface area contributed by atoms with E-state index in [9.17, 15) is 4.39 Å². The molecule has 0 saturated carbocycles. The number of thioether (sulfide) groups is 1. The molecule has 1 aromatic carbocycles. The summed E-state index contributed by atoms with van der Waals surface area (Å²) in [5, 5.41) is 3.64. The maximum atomic E-state index is 13.5. The number of rotatable bonds is 5. The van der Waals surface area contributed by atoms with Gasteiger partial charge in [-0.05, 0) is 12.3 Å². The molecule has 2 rings (SSSR count). The summed E-state index contributed by atoms with van der Waals surface area (Å²) >= 11 is 1.41. The largest absolute Gasteiger partial charge is 0.366 e. The first-order valence-corrected chi connectivity index (χ1v) is 6.82. The molecule has 19 heavy (non-hydrogen) atoms. The van der Waals surface area contributed by atoms with Crippen molar-refractivity contribution in [1.29, 1.82) is 0 Å². The Labute approximate surface area is 114 Å². The van der Waals surface area contributed by atoms with Crippen LogP contribution in [0.4, 0.5) is 16.0 Å². The minimum absolute atomic E-state index is 0.244. The fraction of sp³-hybridized carbons (Fsp3) is 0.167. The highest BCUT2D eigenvalue weighted by molar-refractivity contribution is 7.98. The van der Waals surface area contributed by atoms with E-state index in [2.05, 4.69) is 20.7 Å². The number of hydrogen-bond donors (Lipinski definition) is 3. The molecule has 0 aliphatic carbocycles. The van der Waals surface area contributed by atoms with Crippen LogP contribution in [0.25, 0.3) is 0 Å². The first-order chi connectivity index (χ1) is 9.22. The van der Waals surface area contributed by atoms with Gasteiger partial charge in [-0.25, -0.2) is 20.2 Å². The second kappa shape index (κ2) is 6.35. The van der Waals surface area contributed by atoms with E-state index in [0.717, 1.165) is 0 Å². The Morgan fingerprint density at radius 2 is 2.00 bits per heavy atom. The van der Waals surface area contributed by atoms with Crippen LogP contribution >= 0.6 is 11.8 Å². The number of halogens is 1. The molecule has 2 aromatic rings. The molecule has 0 unspecified atom stereocenters. The number of anilines is 2. The van der Waals surface area contributed by atoms with E-state index in [1.807, 2.05) is 6.26 Å². The van der Waals surface area contributed by atoms with Crippen molar-refractivity contribution < 1.29 is 4.39 Å². The van der Waals surface area contributed by atoms with Crippen LogP contribution in [0.2, 0.25) is 0 Å². The zero-order valence-electron chi connectivity index (χ0n) is 10.4. The van der Waals surface area contributed by atoms with Gasteiger partial charge in [-0.2, -0.15) is 0 Å². The molecule has 4 N–H and O–H groups in total. The lowest BCUT2D eigenvalue weighted by Crippen LogP contribution is -2.11. The summed E-state index contributed by atoms with van der Waals surface area (Å²) in [5.74, 6) is 6.19.